The molecule has 1 amide bonds. The minimum Gasteiger partial charge on any atom is -0.336 e. The molecule has 0 fully saturated rings. The molecule has 0 aliphatic carbocycles. The molecule has 124 valence electrons. The molecule has 0 unspecified atom stereocenters. The second kappa shape index (κ2) is 6.19. The highest BCUT2D eigenvalue weighted by molar-refractivity contribution is 5.96. The Labute approximate surface area is 133 Å². The predicted octanol–water partition coefficient (Wildman–Crippen LogP) is 1.43. The van der Waals surface area contributed by atoms with Gasteiger partial charge in [0.15, 0.2) is 0 Å². The molecule has 9 heteroatoms. The Morgan fingerprint density at radius 2 is 2.04 bits per heavy atom. The summed E-state index contributed by atoms with van der Waals surface area (Å²) in [7, 11) is 3.17. The van der Waals surface area contributed by atoms with Gasteiger partial charge in [0.25, 0.3) is 5.91 Å². The molecule has 2 aromatic rings. The van der Waals surface area contributed by atoms with E-state index in [2.05, 4.69) is 10.2 Å². The zero-order chi connectivity index (χ0) is 17.3. The lowest BCUT2D eigenvalue weighted by atomic mass is 10.2. The molecule has 0 atom stereocenters. The Kier molecular flexibility index (Phi) is 4.48. The summed E-state index contributed by atoms with van der Waals surface area (Å²) >= 11 is 0. The monoisotopic (exact) mass is 320 g/mol. The summed E-state index contributed by atoms with van der Waals surface area (Å²) in [4.78, 5) is 24.6. The van der Waals surface area contributed by atoms with E-state index in [-0.39, 0.29) is 11.4 Å². The van der Waals surface area contributed by atoms with E-state index >= 15 is 0 Å². The number of carbonyl (C=O) groups excluding carboxylic acids is 1. The highest BCUT2D eigenvalue weighted by atomic mass is 16.6. The van der Waals surface area contributed by atoms with E-state index in [1.165, 1.54) is 9.58 Å². The summed E-state index contributed by atoms with van der Waals surface area (Å²) in [6.07, 6.45) is 1.87. The van der Waals surface area contributed by atoms with E-state index in [0.29, 0.717) is 12.2 Å². The molecule has 23 heavy (non-hydrogen) atoms. The number of aromatic nitrogens is 4. The van der Waals surface area contributed by atoms with Crippen LogP contribution in [0, 0.1) is 24.0 Å². The smallest absolute Gasteiger partial charge is 0.322 e. The van der Waals surface area contributed by atoms with Gasteiger partial charge in [-0.15, -0.1) is 0 Å². The van der Waals surface area contributed by atoms with Gasteiger partial charge in [-0.2, -0.15) is 10.2 Å². The van der Waals surface area contributed by atoms with E-state index in [1.807, 2.05) is 20.0 Å². The third-order valence-corrected chi connectivity index (χ3v) is 3.81. The van der Waals surface area contributed by atoms with Crippen molar-refractivity contribution in [2.75, 3.05) is 7.05 Å². The van der Waals surface area contributed by atoms with Gasteiger partial charge in [0.2, 0.25) is 5.69 Å². The molecule has 0 radical (unpaired) electrons. The van der Waals surface area contributed by atoms with Crippen LogP contribution in [0.5, 0.6) is 0 Å². The number of amides is 1. The molecular formula is C14H20N6O3. The normalized spacial score (nSPS) is 10.8. The van der Waals surface area contributed by atoms with Crippen LogP contribution in [0.1, 0.15) is 34.4 Å². The van der Waals surface area contributed by atoms with Gasteiger partial charge in [0.1, 0.15) is 5.69 Å². The summed E-state index contributed by atoms with van der Waals surface area (Å²) < 4.78 is 3.13. The number of carbonyl (C=O) groups is 1. The third-order valence-electron chi connectivity index (χ3n) is 3.81. The fourth-order valence-corrected chi connectivity index (χ4v) is 2.34. The predicted molar refractivity (Wildman–Crippen MR) is 83.0 cm³/mol. The summed E-state index contributed by atoms with van der Waals surface area (Å²) in [5.41, 5.74) is 1.70. The molecule has 0 bridgehead atoms. The standard InChI is InChI=1S/C14H20N6O3/c1-6-19-8-11(9(2)15-19)7-17(4)14(21)12-13(20(22)23)10(3)18(5)16-12/h8H,6-7H2,1-5H3. The van der Waals surface area contributed by atoms with Gasteiger partial charge < -0.3 is 4.90 Å². The van der Waals surface area contributed by atoms with Crippen LogP contribution in [0.15, 0.2) is 6.20 Å². The van der Waals surface area contributed by atoms with E-state index in [9.17, 15) is 14.9 Å². The first-order chi connectivity index (χ1) is 10.8. The maximum Gasteiger partial charge on any atom is 0.322 e. The van der Waals surface area contributed by atoms with Gasteiger partial charge in [-0.1, -0.05) is 0 Å². The number of nitrogens with zero attached hydrogens (tertiary/aromatic N) is 6. The lowest BCUT2D eigenvalue weighted by molar-refractivity contribution is -0.385. The van der Waals surface area contributed by atoms with Crippen LogP contribution in [-0.2, 0) is 20.1 Å². The fourth-order valence-electron chi connectivity index (χ4n) is 2.34. The minimum atomic E-state index is -0.566. The van der Waals surface area contributed by atoms with Crippen molar-refractivity contribution >= 4 is 11.6 Å². The van der Waals surface area contributed by atoms with Crippen LogP contribution in [0.3, 0.4) is 0 Å². The van der Waals surface area contributed by atoms with E-state index in [0.717, 1.165) is 17.8 Å². The van der Waals surface area contributed by atoms with Gasteiger partial charge in [0.05, 0.1) is 10.6 Å². The van der Waals surface area contributed by atoms with Crippen molar-refractivity contribution in [3.8, 4) is 0 Å². The van der Waals surface area contributed by atoms with Crippen molar-refractivity contribution in [3.05, 3.63) is 39.0 Å². The topological polar surface area (TPSA) is 99.1 Å². The van der Waals surface area contributed by atoms with Crippen LogP contribution in [0.25, 0.3) is 0 Å². The average molecular weight is 320 g/mol. The van der Waals surface area contributed by atoms with E-state index in [1.54, 1.807) is 25.7 Å². The van der Waals surface area contributed by atoms with Gasteiger partial charge in [-0.05, 0) is 20.8 Å². The highest BCUT2D eigenvalue weighted by Crippen LogP contribution is 2.23. The number of hydrogen-bond acceptors (Lipinski definition) is 5. The fraction of sp³-hybridized carbons (Fsp3) is 0.500. The highest BCUT2D eigenvalue weighted by Gasteiger charge is 2.31. The molecule has 0 aliphatic heterocycles. The molecular weight excluding hydrogens is 300 g/mol. The molecule has 0 aromatic carbocycles. The Balaban J connectivity index is 2.28. The molecule has 0 N–H and O–H groups in total. The lowest BCUT2D eigenvalue weighted by Crippen LogP contribution is -2.27. The molecule has 9 nitrogen and oxygen atoms in total. The van der Waals surface area contributed by atoms with Gasteiger partial charge in [-0.25, -0.2) is 0 Å². The summed E-state index contributed by atoms with van der Waals surface area (Å²) in [6, 6.07) is 0. The van der Waals surface area contributed by atoms with Crippen LogP contribution in [0.4, 0.5) is 5.69 Å². The molecule has 0 aliphatic rings. The number of aryl methyl sites for hydroxylation is 3. The first-order valence-corrected chi connectivity index (χ1v) is 7.22. The van der Waals surface area contributed by atoms with Crippen LogP contribution in [0.2, 0.25) is 0 Å². The van der Waals surface area contributed by atoms with Crippen molar-refractivity contribution in [2.24, 2.45) is 7.05 Å². The molecule has 2 aromatic heterocycles. The summed E-state index contributed by atoms with van der Waals surface area (Å²) in [5.74, 6) is -0.482. The second-order valence-corrected chi connectivity index (χ2v) is 5.42. The van der Waals surface area contributed by atoms with Crippen molar-refractivity contribution in [3.63, 3.8) is 0 Å². The maximum atomic E-state index is 12.5. The van der Waals surface area contributed by atoms with Crippen molar-refractivity contribution in [1.82, 2.24) is 24.5 Å². The Morgan fingerprint density at radius 1 is 1.39 bits per heavy atom. The zero-order valence-corrected chi connectivity index (χ0v) is 13.9. The largest absolute Gasteiger partial charge is 0.336 e. The van der Waals surface area contributed by atoms with Crippen molar-refractivity contribution in [1.29, 1.82) is 0 Å². The third kappa shape index (κ3) is 3.08. The van der Waals surface area contributed by atoms with Crippen LogP contribution in [-0.4, -0.2) is 42.3 Å². The Hall–Kier alpha value is -2.71. The molecule has 0 saturated heterocycles. The number of hydrogen-bond donors (Lipinski definition) is 0. The summed E-state index contributed by atoms with van der Waals surface area (Å²) in [6.45, 7) is 6.47. The van der Waals surface area contributed by atoms with Crippen molar-refractivity contribution in [2.45, 2.75) is 33.9 Å². The first kappa shape index (κ1) is 16.7. The number of rotatable bonds is 5. The van der Waals surface area contributed by atoms with Crippen molar-refractivity contribution < 1.29 is 9.72 Å². The van der Waals surface area contributed by atoms with Crippen LogP contribution >= 0.6 is 0 Å². The minimum absolute atomic E-state index is 0.141. The van der Waals surface area contributed by atoms with E-state index in [4.69, 9.17) is 0 Å². The quantitative estimate of drug-likeness (QED) is 0.613. The molecule has 0 spiro atoms. The van der Waals surface area contributed by atoms with Crippen LogP contribution < -0.4 is 0 Å². The first-order valence-electron chi connectivity index (χ1n) is 7.22. The Bertz CT molecular complexity index is 761. The van der Waals surface area contributed by atoms with Gasteiger partial charge in [0, 0.05) is 38.9 Å². The second-order valence-electron chi connectivity index (χ2n) is 5.42. The SMILES string of the molecule is CCn1cc(CN(C)C(=O)c2nn(C)c(C)c2[N+](=O)[O-])c(C)n1. The average Bonchev–Trinajstić information content (AvgIpc) is 2.99. The molecule has 2 heterocycles. The number of nitro groups is 1. The molecule has 2 rings (SSSR count). The summed E-state index contributed by atoms with van der Waals surface area (Å²) in [5, 5.41) is 19.5. The maximum absolute atomic E-state index is 12.5. The Morgan fingerprint density at radius 3 is 2.57 bits per heavy atom. The van der Waals surface area contributed by atoms with E-state index < -0.39 is 10.8 Å². The van der Waals surface area contributed by atoms with Gasteiger partial charge in [-0.3, -0.25) is 24.3 Å². The van der Waals surface area contributed by atoms with Gasteiger partial charge >= 0.3 is 5.69 Å². The molecule has 0 saturated carbocycles. The zero-order valence-electron chi connectivity index (χ0n) is 13.9. The lowest BCUT2D eigenvalue weighted by Gasteiger charge is -2.15.